The zero-order valence-corrected chi connectivity index (χ0v) is 11.0. The molecule has 0 amide bonds. The van der Waals surface area contributed by atoms with Gasteiger partial charge in [-0.05, 0) is 24.3 Å². The summed E-state index contributed by atoms with van der Waals surface area (Å²) in [5.74, 6) is 1.20. The lowest BCUT2D eigenvalue weighted by atomic mass is 10.1. The highest BCUT2D eigenvalue weighted by Gasteiger charge is 2.07. The summed E-state index contributed by atoms with van der Waals surface area (Å²) in [6, 6.07) is 17.2. The first-order chi connectivity index (χ1) is 10.1. The second-order valence-corrected chi connectivity index (χ2v) is 4.55. The average Bonchev–Trinajstić information content (AvgIpc) is 2.49. The normalized spacial score (nSPS) is 10.5. The quantitative estimate of drug-likeness (QED) is 0.444. The fraction of sp³-hybridized carbons (Fsp3) is 0. The number of nitro benzene ring substituents is 1. The first-order valence-corrected chi connectivity index (χ1v) is 6.35. The zero-order valence-electron chi connectivity index (χ0n) is 11.0. The smallest absolute Gasteiger partial charge is 0.269 e. The Hall–Kier alpha value is -3.08. The van der Waals surface area contributed by atoms with Gasteiger partial charge in [0.25, 0.3) is 5.69 Å². The molecule has 0 bridgehead atoms. The molecule has 2 N–H and O–H groups in total. The molecule has 5 heteroatoms. The van der Waals surface area contributed by atoms with Crippen molar-refractivity contribution < 1.29 is 9.66 Å². The summed E-state index contributed by atoms with van der Waals surface area (Å²) in [4.78, 5) is 10.2. The second-order valence-electron chi connectivity index (χ2n) is 4.55. The number of non-ortho nitro benzene ring substituents is 1. The van der Waals surface area contributed by atoms with Gasteiger partial charge in [-0.2, -0.15) is 0 Å². The molecule has 0 heterocycles. The van der Waals surface area contributed by atoms with Crippen LogP contribution >= 0.6 is 0 Å². The lowest BCUT2D eigenvalue weighted by Gasteiger charge is -2.10. The summed E-state index contributed by atoms with van der Waals surface area (Å²) < 4.78 is 5.80. The SMILES string of the molecule is Nc1cccc2c(Oc3ccc([N+](=O)[O-])cc3)cccc12. The van der Waals surface area contributed by atoms with E-state index in [-0.39, 0.29) is 5.69 Å². The van der Waals surface area contributed by atoms with Crippen LogP contribution in [-0.4, -0.2) is 4.92 Å². The standard InChI is InChI=1S/C16H12N2O3/c17-15-5-1-4-14-13(15)3-2-6-16(14)21-12-9-7-11(8-10-12)18(19)20/h1-10H,17H2. The van der Waals surface area contributed by atoms with Gasteiger partial charge in [0, 0.05) is 28.6 Å². The lowest BCUT2D eigenvalue weighted by molar-refractivity contribution is -0.384. The van der Waals surface area contributed by atoms with Crippen molar-refractivity contribution in [1.29, 1.82) is 0 Å². The Morgan fingerprint density at radius 1 is 0.905 bits per heavy atom. The van der Waals surface area contributed by atoms with Crippen molar-refractivity contribution in [2.45, 2.75) is 0 Å². The van der Waals surface area contributed by atoms with Crippen molar-refractivity contribution in [3.63, 3.8) is 0 Å². The molecule has 0 atom stereocenters. The number of nitrogen functional groups attached to an aromatic ring is 1. The third kappa shape index (κ3) is 2.49. The van der Waals surface area contributed by atoms with Crippen molar-refractivity contribution in [3.05, 3.63) is 70.8 Å². The van der Waals surface area contributed by atoms with Crippen LogP contribution in [0.25, 0.3) is 10.8 Å². The number of ether oxygens (including phenoxy) is 1. The van der Waals surface area contributed by atoms with Gasteiger partial charge in [-0.1, -0.05) is 24.3 Å². The molecule has 0 aliphatic carbocycles. The predicted octanol–water partition coefficient (Wildman–Crippen LogP) is 4.12. The van der Waals surface area contributed by atoms with Gasteiger partial charge in [0.2, 0.25) is 0 Å². The highest BCUT2D eigenvalue weighted by molar-refractivity contribution is 5.96. The highest BCUT2D eigenvalue weighted by atomic mass is 16.6. The molecule has 21 heavy (non-hydrogen) atoms. The molecule has 0 fully saturated rings. The van der Waals surface area contributed by atoms with E-state index in [0.29, 0.717) is 17.2 Å². The van der Waals surface area contributed by atoms with Crippen LogP contribution in [0.4, 0.5) is 11.4 Å². The van der Waals surface area contributed by atoms with Crippen molar-refractivity contribution in [3.8, 4) is 11.5 Å². The third-order valence-electron chi connectivity index (χ3n) is 3.19. The molecule has 3 rings (SSSR count). The van der Waals surface area contributed by atoms with E-state index < -0.39 is 4.92 Å². The molecule has 0 saturated heterocycles. The number of nitro groups is 1. The summed E-state index contributed by atoms with van der Waals surface area (Å²) >= 11 is 0. The predicted molar refractivity (Wildman–Crippen MR) is 81.5 cm³/mol. The summed E-state index contributed by atoms with van der Waals surface area (Å²) in [7, 11) is 0. The first-order valence-electron chi connectivity index (χ1n) is 6.35. The second kappa shape index (κ2) is 5.13. The Morgan fingerprint density at radius 3 is 2.29 bits per heavy atom. The van der Waals surface area contributed by atoms with Gasteiger partial charge < -0.3 is 10.5 Å². The van der Waals surface area contributed by atoms with Crippen LogP contribution in [0.15, 0.2) is 60.7 Å². The summed E-state index contributed by atoms with van der Waals surface area (Å²) in [5.41, 5.74) is 6.66. The van der Waals surface area contributed by atoms with Crippen LogP contribution in [0.2, 0.25) is 0 Å². The van der Waals surface area contributed by atoms with Crippen molar-refractivity contribution >= 4 is 22.1 Å². The van der Waals surface area contributed by atoms with E-state index in [1.54, 1.807) is 12.1 Å². The van der Waals surface area contributed by atoms with Crippen LogP contribution in [0.1, 0.15) is 0 Å². The van der Waals surface area contributed by atoms with Gasteiger partial charge in [0.1, 0.15) is 11.5 Å². The van der Waals surface area contributed by atoms with Gasteiger partial charge in [-0.15, -0.1) is 0 Å². The summed E-state index contributed by atoms with van der Waals surface area (Å²) in [6.45, 7) is 0. The number of rotatable bonds is 3. The minimum absolute atomic E-state index is 0.0320. The Bertz CT molecular complexity index is 813. The van der Waals surface area contributed by atoms with Crippen LogP contribution in [0.5, 0.6) is 11.5 Å². The number of nitrogens with zero attached hydrogens (tertiary/aromatic N) is 1. The number of hydrogen-bond acceptors (Lipinski definition) is 4. The minimum Gasteiger partial charge on any atom is -0.457 e. The molecule has 0 saturated carbocycles. The topological polar surface area (TPSA) is 78.4 Å². The summed E-state index contributed by atoms with van der Waals surface area (Å²) in [5, 5.41) is 12.4. The molecule has 3 aromatic carbocycles. The van der Waals surface area contributed by atoms with E-state index in [1.165, 1.54) is 12.1 Å². The number of nitrogens with two attached hydrogens (primary N) is 1. The van der Waals surface area contributed by atoms with Crippen LogP contribution in [0, 0.1) is 10.1 Å². The van der Waals surface area contributed by atoms with Crippen LogP contribution in [-0.2, 0) is 0 Å². The molecule has 0 spiro atoms. The molecule has 104 valence electrons. The molecule has 5 nitrogen and oxygen atoms in total. The maximum absolute atomic E-state index is 10.6. The zero-order chi connectivity index (χ0) is 14.8. The van der Waals surface area contributed by atoms with E-state index in [9.17, 15) is 10.1 Å². The molecule has 0 aliphatic rings. The van der Waals surface area contributed by atoms with Gasteiger partial charge in [0.05, 0.1) is 4.92 Å². The van der Waals surface area contributed by atoms with Crippen molar-refractivity contribution in [2.24, 2.45) is 0 Å². The van der Waals surface area contributed by atoms with Crippen LogP contribution in [0.3, 0.4) is 0 Å². The number of hydrogen-bond donors (Lipinski definition) is 1. The molecular weight excluding hydrogens is 268 g/mol. The van der Waals surface area contributed by atoms with Gasteiger partial charge in [0.15, 0.2) is 0 Å². The Labute approximate surface area is 120 Å². The molecular formula is C16H12N2O3. The molecule has 3 aromatic rings. The highest BCUT2D eigenvalue weighted by Crippen LogP contribution is 2.32. The number of fused-ring (bicyclic) bond motifs is 1. The maximum Gasteiger partial charge on any atom is 0.269 e. The van der Waals surface area contributed by atoms with E-state index >= 15 is 0 Å². The third-order valence-corrected chi connectivity index (χ3v) is 3.19. The Balaban J connectivity index is 1.98. The Kier molecular flexibility index (Phi) is 3.16. The fourth-order valence-electron chi connectivity index (χ4n) is 2.16. The molecule has 0 aromatic heterocycles. The number of benzene rings is 3. The van der Waals surface area contributed by atoms with E-state index in [2.05, 4.69) is 0 Å². The monoisotopic (exact) mass is 280 g/mol. The average molecular weight is 280 g/mol. The summed E-state index contributed by atoms with van der Waals surface area (Å²) in [6.07, 6.45) is 0. The van der Waals surface area contributed by atoms with Crippen molar-refractivity contribution in [2.75, 3.05) is 5.73 Å². The van der Waals surface area contributed by atoms with Gasteiger partial charge in [-0.3, -0.25) is 10.1 Å². The lowest BCUT2D eigenvalue weighted by Crippen LogP contribution is -1.90. The maximum atomic E-state index is 10.6. The Morgan fingerprint density at radius 2 is 1.57 bits per heavy atom. The largest absolute Gasteiger partial charge is 0.457 e. The van der Waals surface area contributed by atoms with E-state index in [1.807, 2.05) is 36.4 Å². The van der Waals surface area contributed by atoms with E-state index in [0.717, 1.165) is 10.8 Å². The van der Waals surface area contributed by atoms with Gasteiger partial charge in [-0.25, -0.2) is 0 Å². The van der Waals surface area contributed by atoms with Crippen LogP contribution < -0.4 is 10.5 Å². The minimum atomic E-state index is -0.442. The van der Waals surface area contributed by atoms with E-state index in [4.69, 9.17) is 10.5 Å². The molecule has 0 unspecified atom stereocenters. The number of anilines is 1. The molecule has 0 radical (unpaired) electrons. The first kappa shape index (κ1) is 12.9. The molecule has 0 aliphatic heterocycles. The van der Waals surface area contributed by atoms with Gasteiger partial charge >= 0.3 is 0 Å². The van der Waals surface area contributed by atoms with Crippen molar-refractivity contribution in [1.82, 2.24) is 0 Å². The fourth-order valence-corrected chi connectivity index (χ4v) is 2.16.